The zero-order chi connectivity index (χ0) is 20.3. The Morgan fingerprint density at radius 2 is 1.50 bits per heavy atom. The first-order valence-corrected chi connectivity index (χ1v) is 11.1. The van der Waals surface area contributed by atoms with E-state index in [0.717, 1.165) is 30.5 Å². The molecule has 0 aliphatic heterocycles. The fraction of sp³-hybridized carbons (Fsp3) is 0.560. The van der Waals surface area contributed by atoms with Gasteiger partial charge in [-0.1, -0.05) is 81.5 Å². The highest BCUT2D eigenvalue weighted by atomic mass is 16.2. The molecule has 156 valence electrons. The molecular formula is C25H40N2O. The summed E-state index contributed by atoms with van der Waals surface area (Å²) in [6, 6.07) is 7.94. The first-order chi connectivity index (χ1) is 13.7. The van der Waals surface area contributed by atoms with Gasteiger partial charge in [-0.25, -0.2) is 0 Å². The quantitative estimate of drug-likeness (QED) is 0.179. The average Bonchev–Trinajstić information content (AvgIpc) is 2.70. The van der Waals surface area contributed by atoms with Gasteiger partial charge in [-0.3, -0.25) is 15.6 Å². The molecule has 0 unspecified atom stereocenters. The van der Waals surface area contributed by atoms with Crippen molar-refractivity contribution in [2.75, 3.05) is 5.43 Å². The Labute approximate surface area is 172 Å². The molecule has 0 bridgehead atoms. The van der Waals surface area contributed by atoms with Crippen molar-refractivity contribution in [2.24, 2.45) is 0 Å². The molecule has 1 aromatic rings. The molecule has 0 spiro atoms. The highest BCUT2D eigenvalue weighted by Gasteiger charge is 2.01. The summed E-state index contributed by atoms with van der Waals surface area (Å²) >= 11 is 0. The van der Waals surface area contributed by atoms with E-state index in [-0.39, 0.29) is 5.91 Å². The molecule has 0 atom stereocenters. The summed E-state index contributed by atoms with van der Waals surface area (Å²) in [4.78, 5) is 11.9. The highest BCUT2D eigenvalue weighted by molar-refractivity contribution is 5.77. The molecule has 3 heteroatoms. The Kier molecular flexibility index (Phi) is 14.7. The second-order valence-electron chi connectivity index (χ2n) is 7.47. The van der Waals surface area contributed by atoms with Crippen molar-refractivity contribution in [1.29, 1.82) is 0 Å². The topological polar surface area (TPSA) is 41.1 Å². The summed E-state index contributed by atoms with van der Waals surface area (Å²) in [7, 11) is 0. The van der Waals surface area contributed by atoms with Crippen LogP contribution in [0.4, 0.5) is 5.69 Å². The van der Waals surface area contributed by atoms with Crippen LogP contribution in [0.3, 0.4) is 0 Å². The predicted octanol–water partition coefficient (Wildman–Crippen LogP) is 7.25. The maximum atomic E-state index is 11.9. The SMILES string of the molecule is CCCCCC=CCC=CCCCCCCCC(=O)NNc1ccccc1C. The van der Waals surface area contributed by atoms with Crippen molar-refractivity contribution >= 4 is 11.6 Å². The standard InChI is InChI=1S/C25H40N2O/c1-3-4-5-6-7-8-9-10-11-12-13-14-15-16-17-22-25(28)27-26-24-21-19-18-20-23(24)2/h7-8,10-11,18-21,26H,3-6,9,12-17,22H2,1-2H3,(H,27,28). The third-order valence-corrected chi connectivity index (χ3v) is 4.84. The van der Waals surface area contributed by atoms with Crippen molar-refractivity contribution in [3.8, 4) is 0 Å². The molecule has 3 nitrogen and oxygen atoms in total. The summed E-state index contributed by atoms with van der Waals surface area (Å²) in [6.45, 7) is 4.27. The van der Waals surface area contributed by atoms with Gasteiger partial charge in [-0.05, 0) is 57.1 Å². The van der Waals surface area contributed by atoms with Crippen LogP contribution >= 0.6 is 0 Å². The summed E-state index contributed by atoms with van der Waals surface area (Å²) in [5, 5.41) is 0. The van der Waals surface area contributed by atoms with E-state index in [0.29, 0.717) is 6.42 Å². The van der Waals surface area contributed by atoms with E-state index in [1.54, 1.807) is 0 Å². The van der Waals surface area contributed by atoms with Crippen LogP contribution in [0.15, 0.2) is 48.6 Å². The predicted molar refractivity (Wildman–Crippen MR) is 122 cm³/mol. The van der Waals surface area contributed by atoms with Gasteiger partial charge in [0.05, 0.1) is 5.69 Å². The van der Waals surface area contributed by atoms with Crippen molar-refractivity contribution in [3.63, 3.8) is 0 Å². The number of carbonyl (C=O) groups is 1. The summed E-state index contributed by atoms with van der Waals surface area (Å²) in [5.41, 5.74) is 7.87. The Balaban J connectivity index is 1.90. The normalized spacial score (nSPS) is 11.4. The van der Waals surface area contributed by atoms with Gasteiger partial charge in [0.2, 0.25) is 5.91 Å². The minimum Gasteiger partial charge on any atom is -0.298 e. The first kappa shape index (κ1) is 24.0. The molecule has 0 aliphatic rings. The molecule has 28 heavy (non-hydrogen) atoms. The van der Waals surface area contributed by atoms with E-state index in [2.05, 4.69) is 42.1 Å². The Morgan fingerprint density at radius 3 is 2.21 bits per heavy atom. The average molecular weight is 385 g/mol. The Bertz CT molecular complexity index is 578. The molecule has 0 saturated heterocycles. The number of rotatable bonds is 16. The Hall–Kier alpha value is -2.03. The summed E-state index contributed by atoms with van der Waals surface area (Å²) < 4.78 is 0. The Morgan fingerprint density at radius 1 is 0.857 bits per heavy atom. The van der Waals surface area contributed by atoms with Crippen LogP contribution in [0.5, 0.6) is 0 Å². The van der Waals surface area contributed by atoms with Crippen LogP contribution in [-0.2, 0) is 4.79 Å². The molecule has 0 fully saturated rings. The van der Waals surface area contributed by atoms with Crippen molar-refractivity contribution in [2.45, 2.75) is 90.9 Å². The van der Waals surface area contributed by atoms with Crippen LogP contribution in [-0.4, -0.2) is 5.91 Å². The van der Waals surface area contributed by atoms with E-state index >= 15 is 0 Å². The molecule has 0 saturated carbocycles. The number of anilines is 1. The van der Waals surface area contributed by atoms with Gasteiger partial charge in [0.1, 0.15) is 0 Å². The number of hydrazine groups is 1. The third kappa shape index (κ3) is 13.2. The monoisotopic (exact) mass is 384 g/mol. The summed E-state index contributed by atoms with van der Waals surface area (Å²) in [6.07, 6.45) is 23.0. The second-order valence-corrected chi connectivity index (χ2v) is 7.47. The van der Waals surface area contributed by atoms with Gasteiger partial charge in [0.25, 0.3) is 0 Å². The van der Waals surface area contributed by atoms with E-state index in [1.165, 1.54) is 51.4 Å². The lowest BCUT2D eigenvalue weighted by Gasteiger charge is -2.10. The maximum absolute atomic E-state index is 11.9. The number of benzene rings is 1. The lowest BCUT2D eigenvalue weighted by Crippen LogP contribution is -2.29. The van der Waals surface area contributed by atoms with Crippen molar-refractivity contribution in [1.82, 2.24) is 5.43 Å². The zero-order valence-electron chi connectivity index (χ0n) is 18.0. The van der Waals surface area contributed by atoms with Crippen molar-refractivity contribution in [3.05, 3.63) is 54.1 Å². The smallest absolute Gasteiger partial charge is 0.238 e. The fourth-order valence-corrected chi connectivity index (χ4v) is 3.01. The second kappa shape index (κ2) is 17.1. The van der Waals surface area contributed by atoms with Crippen LogP contribution in [0.2, 0.25) is 0 Å². The lowest BCUT2D eigenvalue weighted by atomic mass is 10.1. The molecule has 0 radical (unpaired) electrons. The zero-order valence-corrected chi connectivity index (χ0v) is 18.0. The molecule has 1 rings (SSSR count). The molecule has 0 heterocycles. The number of nitrogens with one attached hydrogen (secondary N) is 2. The van der Waals surface area contributed by atoms with Gasteiger partial charge in [0, 0.05) is 6.42 Å². The van der Waals surface area contributed by atoms with E-state index in [9.17, 15) is 4.79 Å². The number of hydrogen-bond acceptors (Lipinski definition) is 2. The number of aryl methyl sites for hydroxylation is 1. The fourth-order valence-electron chi connectivity index (χ4n) is 3.01. The van der Waals surface area contributed by atoms with Gasteiger partial charge < -0.3 is 0 Å². The first-order valence-electron chi connectivity index (χ1n) is 11.1. The van der Waals surface area contributed by atoms with E-state index in [4.69, 9.17) is 0 Å². The van der Waals surface area contributed by atoms with E-state index in [1.807, 2.05) is 31.2 Å². The molecule has 0 aliphatic carbocycles. The summed E-state index contributed by atoms with van der Waals surface area (Å²) in [5.74, 6) is 0.0638. The van der Waals surface area contributed by atoms with Gasteiger partial charge in [0.15, 0.2) is 0 Å². The van der Waals surface area contributed by atoms with Gasteiger partial charge >= 0.3 is 0 Å². The maximum Gasteiger partial charge on any atom is 0.238 e. The van der Waals surface area contributed by atoms with Crippen LogP contribution in [0.1, 0.15) is 89.5 Å². The van der Waals surface area contributed by atoms with Gasteiger partial charge in [-0.2, -0.15) is 0 Å². The van der Waals surface area contributed by atoms with Crippen LogP contribution in [0, 0.1) is 6.92 Å². The molecule has 1 amide bonds. The number of allylic oxidation sites excluding steroid dienone is 4. The number of carbonyl (C=O) groups excluding carboxylic acids is 1. The largest absolute Gasteiger partial charge is 0.298 e. The molecule has 0 aromatic heterocycles. The third-order valence-electron chi connectivity index (χ3n) is 4.84. The minimum atomic E-state index is 0.0638. The number of hydrogen-bond donors (Lipinski definition) is 2. The highest BCUT2D eigenvalue weighted by Crippen LogP contribution is 2.12. The lowest BCUT2D eigenvalue weighted by molar-refractivity contribution is -0.120. The van der Waals surface area contributed by atoms with Crippen LogP contribution < -0.4 is 10.9 Å². The van der Waals surface area contributed by atoms with Crippen LogP contribution in [0.25, 0.3) is 0 Å². The molecule has 2 N–H and O–H groups in total. The van der Waals surface area contributed by atoms with Crippen molar-refractivity contribution < 1.29 is 4.79 Å². The minimum absolute atomic E-state index is 0.0638. The number of amides is 1. The van der Waals surface area contributed by atoms with E-state index < -0.39 is 0 Å². The van der Waals surface area contributed by atoms with Gasteiger partial charge in [-0.15, -0.1) is 0 Å². The number of para-hydroxylation sites is 1. The molecule has 1 aromatic carbocycles. The number of unbranched alkanes of at least 4 members (excludes halogenated alkanes) is 8. The molecular weight excluding hydrogens is 344 g/mol.